The fourth-order valence-corrected chi connectivity index (χ4v) is 2.30. The number of rotatable bonds is 4. The Bertz CT molecular complexity index is 593. The summed E-state index contributed by atoms with van der Waals surface area (Å²) >= 11 is 11.9. The van der Waals surface area contributed by atoms with Crippen LogP contribution < -0.4 is 0 Å². The fourth-order valence-electron chi connectivity index (χ4n) is 1.98. The molecule has 0 fully saturated rings. The van der Waals surface area contributed by atoms with Crippen LogP contribution in [0.15, 0.2) is 12.1 Å². The van der Waals surface area contributed by atoms with Crippen molar-refractivity contribution in [2.24, 2.45) is 0 Å². The molecule has 0 aliphatic rings. The SMILES string of the molecule is CC(Cl)c1nc2cc(Cl)c(F)cc2n1CCN(C)C. The zero-order chi connectivity index (χ0) is 14.2. The molecule has 0 saturated carbocycles. The second kappa shape index (κ2) is 5.65. The lowest BCUT2D eigenvalue weighted by Gasteiger charge is -2.14. The first-order valence-electron chi connectivity index (χ1n) is 6.04. The summed E-state index contributed by atoms with van der Waals surface area (Å²) in [5.74, 6) is 0.300. The second-order valence-corrected chi connectivity index (χ2v) is 5.86. The Hall–Kier alpha value is -0.840. The molecule has 1 heterocycles. The van der Waals surface area contributed by atoms with E-state index in [1.54, 1.807) is 6.07 Å². The highest BCUT2D eigenvalue weighted by molar-refractivity contribution is 6.31. The van der Waals surface area contributed by atoms with E-state index >= 15 is 0 Å². The van der Waals surface area contributed by atoms with Crippen LogP contribution in [0.3, 0.4) is 0 Å². The Kier molecular flexibility index (Phi) is 4.33. The maximum Gasteiger partial charge on any atom is 0.144 e. The number of fused-ring (bicyclic) bond motifs is 1. The molecule has 2 rings (SSSR count). The summed E-state index contributed by atoms with van der Waals surface area (Å²) in [7, 11) is 3.97. The molecule has 0 saturated heterocycles. The fraction of sp³-hybridized carbons (Fsp3) is 0.462. The molecule has 104 valence electrons. The Balaban J connectivity index is 2.55. The Morgan fingerprint density at radius 3 is 2.68 bits per heavy atom. The molecule has 0 spiro atoms. The van der Waals surface area contributed by atoms with Crippen LogP contribution in [-0.4, -0.2) is 35.1 Å². The van der Waals surface area contributed by atoms with Gasteiger partial charge in [-0.25, -0.2) is 9.37 Å². The van der Waals surface area contributed by atoms with Gasteiger partial charge in [0.2, 0.25) is 0 Å². The molecule has 6 heteroatoms. The van der Waals surface area contributed by atoms with Crippen LogP contribution in [-0.2, 0) is 6.54 Å². The van der Waals surface area contributed by atoms with Crippen molar-refractivity contribution >= 4 is 34.2 Å². The lowest BCUT2D eigenvalue weighted by molar-refractivity contribution is 0.383. The highest BCUT2D eigenvalue weighted by atomic mass is 35.5. The number of alkyl halides is 1. The van der Waals surface area contributed by atoms with Crippen molar-refractivity contribution in [1.29, 1.82) is 0 Å². The van der Waals surface area contributed by atoms with Gasteiger partial charge in [0.15, 0.2) is 0 Å². The number of imidazole rings is 1. The van der Waals surface area contributed by atoms with E-state index in [-0.39, 0.29) is 10.4 Å². The van der Waals surface area contributed by atoms with Crippen molar-refractivity contribution in [2.75, 3.05) is 20.6 Å². The van der Waals surface area contributed by atoms with Crippen LogP contribution >= 0.6 is 23.2 Å². The van der Waals surface area contributed by atoms with Gasteiger partial charge in [0.05, 0.1) is 21.4 Å². The van der Waals surface area contributed by atoms with E-state index in [9.17, 15) is 4.39 Å². The van der Waals surface area contributed by atoms with Crippen molar-refractivity contribution in [3.63, 3.8) is 0 Å². The summed E-state index contributed by atoms with van der Waals surface area (Å²) in [6, 6.07) is 2.96. The molecular weight excluding hydrogens is 288 g/mol. The van der Waals surface area contributed by atoms with Gasteiger partial charge in [0.1, 0.15) is 11.6 Å². The lowest BCUT2D eigenvalue weighted by atomic mass is 10.3. The number of benzene rings is 1. The van der Waals surface area contributed by atoms with Gasteiger partial charge >= 0.3 is 0 Å². The number of hydrogen-bond donors (Lipinski definition) is 0. The molecule has 0 radical (unpaired) electrons. The van der Waals surface area contributed by atoms with Crippen LogP contribution in [0.4, 0.5) is 4.39 Å². The van der Waals surface area contributed by atoms with Gasteiger partial charge in [-0.3, -0.25) is 0 Å². The van der Waals surface area contributed by atoms with Crippen molar-refractivity contribution in [1.82, 2.24) is 14.5 Å². The third-order valence-electron chi connectivity index (χ3n) is 2.95. The maximum absolute atomic E-state index is 13.6. The van der Waals surface area contributed by atoms with Crippen LogP contribution in [0.25, 0.3) is 11.0 Å². The van der Waals surface area contributed by atoms with Crippen molar-refractivity contribution in [3.8, 4) is 0 Å². The van der Waals surface area contributed by atoms with Gasteiger partial charge in [-0.05, 0) is 27.1 Å². The van der Waals surface area contributed by atoms with Gasteiger partial charge in [-0.1, -0.05) is 11.6 Å². The first-order valence-corrected chi connectivity index (χ1v) is 6.85. The molecule has 3 nitrogen and oxygen atoms in total. The van der Waals surface area contributed by atoms with E-state index in [0.29, 0.717) is 12.1 Å². The number of hydrogen-bond acceptors (Lipinski definition) is 2. The largest absolute Gasteiger partial charge is 0.325 e. The summed E-state index contributed by atoms with van der Waals surface area (Å²) in [5.41, 5.74) is 1.40. The lowest BCUT2D eigenvalue weighted by Crippen LogP contribution is -2.19. The minimum Gasteiger partial charge on any atom is -0.325 e. The van der Waals surface area contributed by atoms with E-state index in [1.807, 2.05) is 25.6 Å². The highest BCUT2D eigenvalue weighted by Crippen LogP contribution is 2.28. The van der Waals surface area contributed by atoms with Crippen LogP contribution in [0, 0.1) is 5.82 Å². The molecule has 19 heavy (non-hydrogen) atoms. The predicted octanol–water partition coefficient (Wildman–Crippen LogP) is 3.69. The molecule has 1 aromatic heterocycles. The molecule has 0 N–H and O–H groups in total. The van der Waals surface area contributed by atoms with Crippen LogP contribution in [0.2, 0.25) is 5.02 Å². The average Bonchev–Trinajstić information content (AvgIpc) is 2.65. The zero-order valence-electron chi connectivity index (χ0n) is 11.1. The van der Waals surface area contributed by atoms with Crippen LogP contribution in [0.5, 0.6) is 0 Å². The summed E-state index contributed by atoms with van der Waals surface area (Å²) in [6.07, 6.45) is 0. The van der Waals surface area contributed by atoms with Gasteiger partial charge in [-0.15, -0.1) is 11.6 Å². The molecule has 0 bridgehead atoms. The van der Waals surface area contributed by atoms with Crippen molar-refractivity contribution in [3.05, 3.63) is 28.8 Å². The third kappa shape index (κ3) is 3.02. The minimum absolute atomic E-state index is 0.0820. The molecule has 0 aliphatic carbocycles. The summed E-state index contributed by atoms with van der Waals surface area (Å²) in [5, 5.41) is -0.157. The normalized spacial score (nSPS) is 13.4. The predicted molar refractivity (Wildman–Crippen MR) is 77.5 cm³/mol. The maximum atomic E-state index is 13.6. The summed E-state index contributed by atoms with van der Waals surface area (Å²) in [4.78, 5) is 6.51. The van der Waals surface area contributed by atoms with Gasteiger partial charge < -0.3 is 9.47 Å². The Morgan fingerprint density at radius 1 is 1.42 bits per heavy atom. The van der Waals surface area contributed by atoms with E-state index < -0.39 is 5.82 Å². The first-order chi connectivity index (χ1) is 8.90. The Labute approximate surface area is 121 Å². The minimum atomic E-state index is -0.436. The monoisotopic (exact) mass is 303 g/mol. The van der Waals surface area contributed by atoms with E-state index in [0.717, 1.165) is 17.9 Å². The smallest absolute Gasteiger partial charge is 0.144 e. The molecular formula is C13H16Cl2FN3. The topological polar surface area (TPSA) is 21.1 Å². The molecule has 1 unspecified atom stereocenters. The number of halogens is 3. The van der Waals surface area contributed by atoms with E-state index in [4.69, 9.17) is 23.2 Å². The van der Waals surface area contributed by atoms with Gasteiger partial charge in [0, 0.05) is 19.2 Å². The Morgan fingerprint density at radius 2 is 2.11 bits per heavy atom. The summed E-state index contributed by atoms with van der Waals surface area (Å²) in [6.45, 7) is 3.39. The van der Waals surface area contributed by atoms with Crippen LogP contribution in [0.1, 0.15) is 18.1 Å². The number of aromatic nitrogens is 2. The van der Waals surface area contributed by atoms with E-state index in [1.165, 1.54) is 6.07 Å². The van der Waals surface area contributed by atoms with E-state index in [2.05, 4.69) is 9.88 Å². The molecule has 0 aliphatic heterocycles. The van der Waals surface area contributed by atoms with Crippen molar-refractivity contribution < 1.29 is 4.39 Å². The summed E-state index contributed by atoms with van der Waals surface area (Å²) < 4.78 is 15.6. The quantitative estimate of drug-likeness (QED) is 0.803. The first kappa shape index (κ1) is 14.6. The second-order valence-electron chi connectivity index (χ2n) is 4.80. The highest BCUT2D eigenvalue weighted by Gasteiger charge is 2.16. The number of likely N-dealkylation sites (N-methyl/N-ethyl adjacent to an activating group) is 1. The molecule has 0 amide bonds. The van der Waals surface area contributed by atoms with Gasteiger partial charge in [0.25, 0.3) is 0 Å². The van der Waals surface area contributed by atoms with Gasteiger partial charge in [-0.2, -0.15) is 0 Å². The molecule has 1 atom stereocenters. The molecule has 1 aromatic carbocycles. The molecule has 2 aromatic rings. The standard InChI is InChI=1S/C13H16Cl2FN3/c1-8(14)13-17-11-6-9(15)10(16)7-12(11)19(13)5-4-18(2)3/h6-8H,4-5H2,1-3H3. The third-order valence-corrected chi connectivity index (χ3v) is 3.43. The van der Waals surface area contributed by atoms with Crippen molar-refractivity contribution in [2.45, 2.75) is 18.8 Å². The zero-order valence-corrected chi connectivity index (χ0v) is 12.6. The average molecular weight is 304 g/mol. The number of nitrogens with zero attached hydrogens (tertiary/aromatic N) is 3.